The molecular formula is C12H20O4. The number of rotatable bonds is 4. The molecule has 1 aliphatic rings. The minimum Gasteiger partial charge on any atom is -0.481 e. The van der Waals surface area contributed by atoms with Crippen molar-refractivity contribution in [2.45, 2.75) is 46.0 Å². The quantitative estimate of drug-likeness (QED) is 0.774. The standard InChI is InChI=1S/C12H20O4/c1-12(2)8(6-10(13)14)4-3-5-9(12)7-11(15)16/h8-9H,3-7H2,1-2H3,(H,13,14)(H,15,16)/t8-,9+. The van der Waals surface area contributed by atoms with E-state index < -0.39 is 11.9 Å². The second-order valence-corrected chi connectivity index (χ2v) is 5.34. The Morgan fingerprint density at radius 3 is 1.75 bits per heavy atom. The molecule has 16 heavy (non-hydrogen) atoms. The number of hydrogen-bond acceptors (Lipinski definition) is 2. The van der Waals surface area contributed by atoms with E-state index in [0.29, 0.717) is 0 Å². The molecule has 0 saturated heterocycles. The molecule has 1 aliphatic carbocycles. The fourth-order valence-corrected chi connectivity index (χ4v) is 2.84. The van der Waals surface area contributed by atoms with Crippen LogP contribution in [0.1, 0.15) is 46.0 Å². The van der Waals surface area contributed by atoms with Gasteiger partial charge in [0, 0.05) is 12.8 Å². The molecule has 2 atom stereocenters. The maximum absolute atomic E-state index is 10.8. The predicted molar refractivity (Wildman–Crippen MR) is 59.1 cm³/mol. The maximum Gasteiger partial charge on any atom is 0.303 e. The number of carboxylic acids is 2. The van der Waals surface area contributed by atoms with Crippen LogP contribution in [0.2, 0.25) is 0 Å². The monoisotopic (exact) mass is 228 g/mol. The van der Waals surface area contributed by atoms with Gasteiger partial charge in [0.05, 0.1) is 0 Å². The molecule has 0 radical (unpaired) electrons. The fraction of sp³-hybridized carbons (Fsp3) is 0.833. The molecule has 0 bridgehead atoms. The van der Waals surface area contributed by atoms with Crippen molar-refractivity contribution >= 4 is 11.9 Å². The van der Waals surface area contributed by atoms with Gasteiger partial charge in [-0.3, -0.25) is 9.59 Å². The third-order valence-corrected chi connectivity index (χ3v) is 4.05. The van der Waals surface area contributed by atoms with Gasteiger partial charge in [0.25, 0.3) is 0 Å². The van der Waals surface area contributed by atoms with Crippen molar-refractivity contribution in [3.8, 4) is 0 Å². The molecule has 0 heterocycles. The average molecular weight is 228 g/mol. The second kappa shape index (κ2) is 4.85. The summed E-state index contributed by atoms with van der Waals surface area (Å²) in [5.74, 6) is -1.37. The van der Waals surface area contributed by atoms with Gasteiger partial charge in [0.2, 0.25) is 0 Å². The lowest BCUT2D eigenvalue weighted by molar-refractivity contribution is -0.142. The van der Waals surface area contributed by atoms with Gasteiger partial charge in [-0.25, -0.2) is 0 Å². The topological polar surface area (TPSA) is 74.6 Å². The summed E-state index contributed by atoms with van der Waals surface area (Å²) < 4.78 is 0. The molecule has 0 spiro atoms. The van der Waals surface area contributed by atoms with Crippen LogP contribution in [0.4, 0.5) is 0 Å². The van der Waals surface area contributed by atoms with Crippen LogP contribution in [0, 0.1) is 17.3 Å². The Bertz CT molecular complexity index is 257. The van der Waals surface area contributed by atoms with Crippen LogP contribution in [0.25, 0.3) is 0 Å². The predicted octanol–water partition coefficient (Wildman–Crippen LogP) is 2.38. The third kappa shape index (κ3) is 2.97. The van der Waals surface area contributed by atoms with Gasteiger partial charge in [0.1, 0.15) is 0 Å². The van der Waals surface area contributed by atoms with Gasteiger partial charge in [-0.2, -0.15) is 0 Å². The Kier molecular flexibility index (Phi) is 3.94. The van der Waals surface area contributed by atoms with Crippen molar-refractivity contribution in [2.75, 3.05) is 0 Å². The minimum absolute atomic E-state index is 0.100. The summed E-state index contributed by atoms with van der Waals surface area (Å²) in [6.45, 7) is 4.01. The third-order valence-electron chi connectivity index (χ3n) is 4.05. The first-order valence-corrected chi connectivity index (χ1v) is 5.77. The van der Waals surface area contributed by atoms with Crippen molar-refractivity contribution in [1.29, 1.82) is 0 Å². The average Bonchev–Trinajstić information content (AvgIpc) is 2.11. The summed E-state index contributed by atoms with van der Waals surface area (Å²) in [5.41, 5.74) is -0.185. The highest BCUT2D eigenvalue weighted by molar-refractivity contribution is 5.68. The van der Waals surface area contributed by atoms with Gasteiger partial charge in [-0.05, 0) is 30.1 Å². The summed E-state index contributed by atoms with van der Waals surface area (Å²) in [7, 11) is 0. The molecule has 1 rings (SSSR count). The highest BCUT2D eigenvalue weighted by Gasteiger charge is 2.41. The summed E-state index contributed by atoms with van der Waals surface area (Å²) in [6, 6.07) is 0. The van der Waals surface area contributed by atoms with E-state index in [4.69, 9.17) is 10.2 Å². The van der Waals surface area contributed by atoms with Crippen molar-refractivity contribution in [3.05, 3.63) is 0 Å². The Labute approximate surface area is 95.7 Å². The van der Waals surface area contributed by atoms with E-state index in [0.717, 1.165) is 19.3 Å². The van der Waals surface area contributed by atoms with Gasteiger partial charge in [0.15, 0.2) is 0 Å². The van der Waals surface area contributed by atoms with E-state index in [1.807, 2.05) is 13.8 Å². The SMILES string of the molecule is CC1(C)[C@@H](CC(=O)O)CCC[C@H]1CC(=O)O. The molecule has 0 aliphatic heterocycles. The molecular weight excluding hydrogens is 208 g/mol. The summed E-state index contributed by atoms with van der Waals surface area (Å²) in [4.78, 5) is 21.5. The van der Waals surface area contributed by atoms with E-state index >= 15 is 0 Å². The van der Waals surface area contributed by atoms with Crippen LogP contribution in [-0.2, 0) is 9.59 Å². The summed E-state index contributed by atoms with van der Waals surface area (Å²) in [6.07, 6.45) is 3.05. The number of carbonyl (C=O) groups is 2. The van der Waals surface area contributed by atoms with E-state index in [1.165, 1.54) is 0 Å². The van der Waals surface area contributed by atoms with Crippen LogP contribution >= 0.6 is 0 Å². The smallest absolute Gasteiger partial charge is 0.303 e. The normalized spacial score (nSPS) is 28.6. The zero-order valence-electron chi connectivity index (χ0n) is 9.90. The van der Waals surface area contributed by atoms with Crippen molar-refractivity contribution < 1.29 is 19.8 Å². The largest absolute Gasteiger partial charge is 0.481 e. The molecule has 0 aromatic rings. The van der Waals surface area contributed by atoms with Gasteiger partial charge in [-0.15, -0.1) is 0 Å². The van der Waals surface area contributed by atoms with Crippen LogP contribution in [0.15, 0.2) is 0 Å². The molecule has 2 N–H and O–H groups in total. The van der Waals surface area contributed by atoms with Crippen LogP contribution in [0.5, 0.6) is 0 Å². The summed E-state index contributed by atoms with van der Waals surface area (Å²) in [5, 5.41) is 17.7. The first kappa shape index (κ1) is 13.0. The van der Waals surface area contributed by atoms with Crippen molar-refractivity contribution in [3.63, 3.8) is 0 Å². The van der Waals surface area contributed by atoms with Crippen molar-refractivity contribution in [2.24, 2.45) is 17.3 Å². The van der Waals surface area contributed by atoms with Gasteiger partial charge in [-0.1, -0.05) is 20.3 Å². The molecule has 1 saturated carbocycles. The summed E-state index contributed by atoms with van der Waals surface area (Å²) >= 11 is 0. The fourth-order valence-electron chi connectivity index (χ4n) is 2.84. The lowest BCUT2D eigenvalue weighted by Gasteiger charge is -2.44. The lowest BCUT2D eigenvalue weighted by atomic mass is 9.60. The molecule has 0 aromatic carbocycles. The highest BCUT2D eigenvalue weighted by Crippen LogP contribution is 2.47. The Hall–Kier alpha value is -1.06. The molecule has 1 fully saturated rings. The van der Waals surface area contributed by atoms with Crippen LogP contribution in [0.3, 0.4) is 0 Å². The number of hydrogen-bond donors (Lipinski definition) is 2. The van der Waals surface area contributed by atoms with Gasteiger partial charge >= 0.3 is 11.9 Å². The van der Waals surface area contributed by atoms with Crippen LogP contribution < -0.4 is 0 Å². The zero-order valence-corrected chi connectivity index (χ0v) is 9.90. The Morgan fingerprint density at radius 1 is 1.06 bits per heavy atom. The van der Waals surface area contributed by atoms with Crippen molar-refractivity contribution in [1.82, 2.24) is 0 Å². The Balaban J connectivity index is 2.73. The van der Waals surface area contributed by atoms with Crippen LogP contribution in [-0.4, -0.2) is 22.2 Å². The number of carboxylic acid groups (broad SMARTS) is 2. The zero-order chi connectivity index (χ0) is 12.3. The minimum atomic E-state index is -0.783. The Morgan fingerprint density at radius 2 is 1.44 bits per heavy atom. The molecule has 4 heteroatoms. The van der Waals surface area contributed by atoms with Gasteiger partial charge < -0.3 is 10.2 Å². The molecule has 0 unspecified atom stereocenters. The van der Waals surface area contributed by atoms with E-state index in [2.05, 4.69) is 0 Å². The molecule has 4 nitrogen and oxygen atoms in total. The lowest BCUT2D eigenvalue weighted by Crippen LogP contribution is -2.38. The molecule has 0 amide bonds. The molecule has 92 valence electrons. The maximum atomic E-state index is 10.8. The first-order chi connectivity index (χ1) is 7.34. The van der Waals surface area contributed by atoms with E-state index in [9.17, 15) is 9.59 Å². The molecule has 0 aromatic heterocycles. The second-order valence-electron chi connectivity index (χ2n) is 5.34. The van der Waals surface area contributed by atoms with E-state index in [-0.39, 0.29) is 30.1 Å². The first-order valence-electron chi connectivity index (χ1n) is 5.77. The highest BCUT2D eigenvalue weighted by atomic mass is 16.4. The van der Waals surface area contributed by atoms with E-state index in [1.54, 1.807) is 0 Å². The number of aliphatic carboxylic acids is 2.